The van der Waals surface area contributed by atoms with Crippen molar-refractivity contribution in [3.05, 3.63) is 59.4 Å². The zero-order chi connectivity index (χ0) is 24.9. The minimum absolute atomic E-state index is 0.0548. The predicted molar refractivity (Wildman–Crippen MR) is 131 cm³/mol. The van der Waals surface area contributed by atoms with Crippen LogP contribution in [0.15, 0.2) is 47.4 Å². The summed E-state index contributed by atoms with van der Waals surface area (Å²) in [6, 6.07) is 10.2. The fraction of sp³-hybridized carbons (Fsp3) is 0.462. The number of ether oxygens (including phenoxy) is 1. The number of halogens is 1. The summed E-state index contributed by atoms with van der Waals surface area (Å²) in [5.74, 6) is 5.65. The van der Waals surface area contributed by atoms with Crippen molar-refractivity contribution in [1.82, 2.24) is 9.21 Å². The lowest BCUT2D eigenvalue weighted by Crippen LogP contribution is -2.49. The van der Waals surface area contributed by atoms with Gasteiger partial charge in [-0.25, -0.2) is 12.8 Å². The number of aliphatic hydroxyl groups is 1. The SMILES string of the molecule is CCCN(C)C[C@@H]1Oc2cc(C#Cc3cccc(F)c3)ccc2S(=O)(=O)N([C@@H](C)CO)C[C@H]1C. The average molecular weight is 489 g/mol. The molecule has 0 amide bonds. The Morgan fingerprint density at radius 1 is 1.24 bits per heavy atom. The Hall–Kier alpha value is -2.44. The van der Waals surface area contributed by atoms with Crippen LogP contribution in [0, 0.1) is 23.6 Å². The number of nitrogens with zero attached hydrogens (tertiary/aromatic N) is 2. The molecule has 0 aromatic heterocycles. The molecule has 1 aliphatic heterocycles. The topological polar surface area (TPSA) is 70.1 Å². The largest absolute Gasteiger partial charge is 0.487 e. The van der Waals surface area contributed by atoms with Gasteiger partial charge in [-0.1, -0.05) is 31.8 Å². The van der Waals surface area contributed by atoms with Crippen LogP contribution in [0.25, 0.3) is 0 Å². The van der Waals surface area contributed by atoms with Crippen LogP contribution < -0.4 is 4.74 Å². The first-order chi connectivity index (χ1) is 16.1. The van der Waals surface area contributed by atoms with Crippen molar-refractivity contribution in [3.8, 4) is 17.6 Å². The maximum absolute atomic E-state index is 13.5. The van der Waals surface area contributed by atoms with Gasteiger partial charge >= 0.3 is 0 Å². The van der Waals surface area contributed by atoms with E-state index in [0.29, 0.717) is 17.7 Å². The van der Waals surface area contributed by atoms with Crippen LogP contribution in [-0.4, -0.2) is 68.2 Å². The summed E-state index contributed by atoms with van der Waals surface area (Å²) < 4.78 is 48.2. The number of likely N-dealkylation sites (N-methyl/N-ethyl adjacent to an activating group) is 1. The van der Waals surface area contributed by atoms with Crippen molar-refractivity contribution in [2.24, 2.45) is 5.92 Å². The van der Waals surface area contributed by atoms with E-state index >= 15 is 0 Å². The Kier molecular flexibility index (Phi) is 8.72. The van der Waals surface area contributed by atoms with Crippen LogP contribution in [0.3, 0.4) is 0 Å². The van der Waals surface area contributed by atoms with Crippen LogP contribution in [0.2, 0.25) is 0 Å². The quantitative estimate of drug-likeness (QED) is 0.632. The number of benzene rings is 2. The highest BCUT2D eigenvalue weighted by Crippen LogP contribution is 2.34. The summed E-state index contributed by atoms with van der Waals surface area (Å²) in [6.07, 6.45) is 0.737. The fourth-order valence-corrected chi connectivity index (χ4v) is 5.84. The molecule has 0 spiro atoms. The third-order valence-electron chi connectivity index (χ3n) is 5.94. The number of rotatable bonds is 6. The van der Waals surface area contributed by atoms with Crippen LogP contribution in [-0.2, 0) is 10.0 Å². The summed E-state index contributed by atoms with van der Waals surface area (Å²) in [4.78, 5) is 2.23. The van der Waals surface area contributed by atoms with Crippen molar-refractivity contribution < 1.29 is 22.7 Å². The molecule has 34 heavy (non-hydrogen) atoms. The van der Waals surface area contributed by atoms with Gasteiger partial charge in [0.25, 0.3) is 0 Å². The molecule has 2 aromatic rings. The van der Waals surface area contributed by atoms with Crippen molar-refractivity contribution in [3.63, 3.8) is 0 Å². The lowest BCUT2D eigenvalue weighted by Gasteiger charge is -2.37. The minimum Gasteiger partial charge on any atom is -0.487 e. The van der Waals surface area contributed by atoms with E-state index in [9.17, 15) is 17.9 Å². The second-order valence-electron chi connectivity index (χ2n) is 8.92. The van der Waals surface area contributed by atoms with Crippen molar-refractivity contribution in [2.45, 2.75) is 44.2 Å². The number of fused-ring (bicyclic) bond motifs is 1. The molecule has 6 nitrogen and oxygen atoms in total. The third kappa shape index (κ3) is 6.16. The monoisotopic (exact) mass is 488 g/mol. The molecular formula is C26H33FN2O4S. The summed E-state index contributed by atoms with van der Waals surface area (Å²) in [7, 11) is -1.88. The van der Waals surface area contributed by atoms with E-state index in [1.54, 1.807) is 31.2 Å². The first kappa shape index (κ1) is 26.2. The molecule has 1 heterocycles. The van der Waals surface area contributed by atoms with Crippen molar-refractivity contribution in [1.29, 1.82) is 0 Å². The number of sulfonamides is 1. The fourth-order valence-electron chi connectivity index (χ4n) is 4.01. The van der Waals surface area contributed by atoms with E-state index in [2.05, 4.69) is 23.7 Å². The van der Waals surface area contributed by atoms with Gasteiger partial charge in [0, 0.05) is 36.2 Å². The molecule has 0 saturated carbocycles. The molecule has 3 rings (SSSR count). The summed E-state index contributed by atoms with van der Waals surface area (Å²) in [6.45, 7) is 7.27. The van der Waals surface area contributed by atoms with E-state index < -0.39 is 16.1 Å². The first-order valence-corrected chi connectivity index (χ1v) is 13.0. The van der Waals surface area contributed by atoms with E-state index in [4.69, 9.17) is 4.74 Å². The van der Waals surface area contributed by atoms with Gasteiger partial charge in [-0.3, -0.25) is 0 Å². The van der Waals surface area contributed by atoms with Gasteiger partial charge in [0.05, 0.1) is 6.61 Å². The molecule has 184 valence electrons. The summed E-state index contributed by atoms with van der Waals surface area (Å²) in [5.41, 5.74) is 1.09. The van der Waals surface area contributed by atoms with Gasteiger partial charge in [-0.15, -0.1) is 0 Å². The molecule has 2 aromatic carbocycles. The van der Waals surface area contributed by atoms with Gasteiger partial charge in [-0.2, -0.15) is 4.31 Å². The predicted octanol–water partition coefficient (Wildman–Crippen LogP) is 3.34. The highest BCUT2D eigenvalue weighted by atomic mass is 32.2. The number of hydrogen-bond acceptors (Lipinski definition) is 5. The molecule has 1 N–H and O–H groups in total. The second kappa shape index (κ2) is 11.3. The zero-order valence-corrected chi connectivity index (χ0v) is 21.0. The normalized spacial score (nSPS) is 20.9. The van der Waals surface area contributed by atoms with Gasteiger partial charge in [0.15, 0.2) is 0 Å². The maximum atomic E-state index is 13.5. The molecule has 1 aliphatic rings. The number of aliphatic hydroxyl groups excluding tert-OH is 1. The smallest absolute Gasteiger partial charge is 0.247 e. The van der Waals surface area contributed by atoms with Crippen LogP contribution >= 0.6 is 0 Å². The zero-order valence-electron chi connectivity index (χ0n) is 20.2. The second-order valence-corrected chi connectivity index (χ2v) is 10.8. The van der Waals surface area contributed by atoms with Crippen LogP contribution in [0.4, 0.5) is 4.39 Å². The minimum atomic E-state index is -3.90. The van der Waals surface area contributed by atoms with E-state index in [1.165, 1.54) is 22.5 Å². The molecule has 8 heteroatoms. The molecule has 0 saturated heterocycles. The summed E-state index contributed by atoms with van der Waals surface area (Å²) >= 11 is 0. The summed E-state index contributed by atoms with van der Waals surface area (Å²) in [5, 5.41) is 9.75. The highest BCUT2D eigenvalue weighted by molar-refractivity contribution is 7.89. The number of hydrogen-bond donors (Lipinski definition) is 1. The van der Waals surface area contributed by atoms with E-state index in [1.807, 2.05) is 14.0 Å². The standard InChI is InChI=1S/C26H33FN2O4S/c1-5-13-28(4)17-25-19(2)16-29(20(3)18-30)34(31,32)26-12-11-22(15-24(26)33-25)10-9-21-7-6-8-23(27)14-21/h6-8,11-12,14-15,19-20,25,30H,5,13,16-18H2,1-4H3/t19-,20+,25+/m1/s1. The Balaban J connectivity index is 2.05. The molecule has 0 bridgehead atoms. The average Bonchev–Trinajstić information content (AvgIpc) is 2.79. The van der Waals surface area contributed by atoms with Crippen molar-refractivity contribution in [2.75, 3.05) is 33.3 Å². The van der Waals surface area contributed by atoms with Gasteiger partial charge in [0.1, 0.15) is 22.6 Å². The highest BCUT2D eigenvalue weighted by Gasteiger charge is 2.38. The Bertz CT molecular complexity index is 1160. The lowest BCUT2D eigenvalue weighted by atomic mass is 10.0. The van der Waals surface area contributed by atoms with Gasteiger partial charge < -0.3 is 14.7 Å². The third-order valence-corrected chi connectivity index (χ3v) is 7.96. The molecule has 0 fully saturated rings. The van der Waals surface area contributed by atoms with Crippen molar-refractivity contribution >= 4 is 10.0 Å². The Labute approximate surface area is 202 Å². The Morgan fingerprint density at radius 2 is 1.94 bits per heavy atom. The molecule has 0 radical (unpaired) electrons. The Morgan fingerprint density at radius 3 is 2.59 bits per heavy atom. The molecule has 0 aliphatic carbocycles. The van der Waals surface area contributed by atoms with Crippen LogP contribution in [0.1, 0.15) is 38.3 Å². The van der Waals surface area contributed by atoms with Crippen LogP contribution in [0.5, 0.6) is 5.75 Å². The maximum Gasteiger partial charge on any atom is 0.247 e. The lowest BCUT2D eigenvalue weighted by molar-refractivity contribution is 0.0752. The van der Waals surface area contributed by atoms with Gasteiger partial charge in [0.2, 0.25) is 10.0 Å². The van der Waals surface area contributed by atoms with E-state index in [0.717, 1.165) is 13.0 Å². The molecule has 0 unspecified atom stereocenters. The van der Waals surface area contributed by atoms with Gasteiger partial charge in [-0.05, 0) is 63.3 Å². The first-order valence-electron chi connectivity index (χ1n) is 11.5. The van der Waals surface area contributed by atoms with E-state index in [-0.39, 0.29) is 41.6 Å². The molecular weight excluding hydrogens is 455 g/mol. The molecule has 3 atom stereocenters.